The molecule has 0 aromatic heterocycles. The van der Waals surface area contributed by atoms with Crippen LogP contribution in [-0.2, 0) is 6.42 Å². The normalized spacial score (nSPS) is 9.95. The first-order valence-corrected chi connectivity index (χ1v) is 7.88. The number of aryl methyl sites for hydroxylation is 1. The molecule has 0 heteroatoms. The fourth-order valence-corrected chi connectivity index (χ4v) is 2.36. The molecule has 0 amide bonds. The highest BCUT2D eigenvalue weighted by Gasteiger charge is 1.95. The lowest BCUT2D eigenvalue weighted by Gasteiger charge is -2.03. The molecule has 0 fully saturated rings. The number of fused-ring (bicyclic) bond motifs is 1. The molecule has 0 saturated heterocycles. The average Bonchev–Trinajstić information content (AvgIpc) is 2.57. The summed E-state index contributed by atoms with van der Waals surface area (Å²) in [7, 11) is 0. The summed E-state index contributed by atoms with van der Waals surface area (Å²) < 4.78 is 0. The van der Waals surface area contributed by atoms with E-state index in [0.29, 0.717) is 0 Å². The third kappa shape index (κ3) is 5.43. The Hall–Kier alpha value is -2.08. The van der Waals surface area contributed by atoms with Crippen molar-refractivity contribution in [2.45, 2.75) is 32.6 Å². The Morgan fingerprint density at radius 2 is 1.24 bits per heavy atom. The van der Waals surface area contributed by atoms with Gasteiger partial charge in [0.25, 0.3) is 0 Å². The second-order valence-corrected chi connectivity index (χ2v) is 5.29. The van der Waals surface area contributed by atoms with E-state index in [4.69, 9.17) is 0 Å². The Morgan fingerprint density at radius 1 is 0.619 bits per heavy atom. The summed E-state index contributed by atoms with van der Waals surface area (Å²) in [5.41, 5.74) is 1.47. The zero-order valence-electron chi connectivity index (χ0n) is 12.8. The Kier molecular flexibility index (Phi) is 6.54. The molecule has 0 radical (unpaired) electrons. The van der Waals surface area contributed by atoms with Gasteiger partial charge in [-0.3, -0.25) is 0 Å². The summed E-state index contributed by atoms with van der Waals surface area (Å²) in [5, 5.41) is 2.71. The first-order chi connectivity index (χ1) is 10.4. The molecule has 0 N–H and O–H groups in total. The van der Waals surface area contributed by atoms with E-state index in [9.17, 15) is 0 Å². The minimum Gasteiger partial charge on any atom is -0.0654 e. The van der Waals surface area contributed by atoms with E-state index in [2.05, 4.69) is 49.4 Å². The molecule has 108 valence electrons. The summed E-state index contributed by atoms with van der Waals surface area (Å²) in [5.74, 6) is 0. The predicted octanol–water partition coefficient (Wildman–Crippen LogP) is 6.26. The number of unbranched alkanes of at least 4 members (excludes halogenated alkanes) is 2. The lowest BCUT2D eigenvalue weighted by molar-refractivity contribution is 0.718. The Balaban J connectivity index is 0.000000225. The summed E-state index contributed by atoms with van der Waals surface area (Å²) in [6.07, 6.45) is 5.17. The van der Waals surface area contributed by atoms with Crippen molar-refractivity contribution in [1.82, 2.24) is 0 Å². The van der Waals surface area contributed by atoms with Crippen molar-refractivity contribution in [3.63, 3.8) is 0 Å². The van der Waals surface area contributed by atoms with Gasteiger partial charge in [-0.05, 0) is 29.2 Å². The highest BCUT2D eigenvalue weighted by Crippen LogP contribution is 2.17. The van der Waals surface area contributed by atoms with Gasteiger partial charge in [-0.15, -0.1) is 0 Å². The zero-order chi connectivity index (χ0) is 14.8. The highest BCUT2D eigenvalue weighted by atomic mass is 14.0. The van der Waals surface area contributed by atoms with Crippen LogP contribution in [0.1, 0.15) is 31.7 Å². The second kappa shape index (κ2) is 8.97. The van der Waals surface area contributed by atoms with Crippen molar-refractivity contribution in [1.29, 1.82) is 0 Å². The molecular weight excluding hydrogens is 252 g/mol. The second-order valence-electron chi connectivity index (χ2n) is 5.29. The molecule has 3 aromatic rings. The van der Waals surface area contributed by atoms with Crippen LogP contribution in [0, 0.1) is 0 Å². The van der Waals surface area contributed by atoms with Gasteiger partial charge >= 0.3 is 0 Å². The van der Waals surface area contributed by atoms with E-state index in [1.165, 1.54) is 42.0 Å². The smallest absolute Gasteiger partial charge is 0.0181 e. The van der Waals surface area contributed by atoms with Crippen LogP contribution in [0.15, 0.2) is 78.9 Å². The van der Waals surface area contributed by atoms with E-state index >= 15 is 0 Å². The summed E-state index contributed by atoms with van der Waals surface area (Å²) in [4.78, 5) is 0. The SMILES string of the molecule is CCCCCc1ccc2ccccc2c1.c1ccccc1. The monoisotopic (exact) mass is 276 g/mol. The van der Waals surface area contributed by atoms with E-state index in [1.807, 2.05) is 36.4 Å². The molecule has 3 aromatic carbocycles. The molecule has 0 saturated carbocycles. The first kappa shape index (κ1) is 15.3. The molecule has 0 atom stereocenters. The van der Waals surface area contributed by atoms with Crippen molar-refractivity contribution in [3.8, 4) is 0 Å². The zero-order valence-corrected chi connectivity index (χ0v) is 12.8. The van der Waals surface area contributed by atoms with Crippen LogP contribution in [0.5, 0.6) is 0 Å². The lowest BCUT2D eigenvalue weighted by Crippen LogP contribution is -1.85. The van der Waals surface area contributed by atoms with Gasteiger partial charge in [0.1, 0.15) is 0 Å². The van der Waals surface area contributed by atoms with Gasteiger partial charge < -0.3 is 0 Å². The van der Waals surface area contributed by atoms with Gasteiger partial charge in [0, 0.05) is 0 Å². The lowest BCUT2D eigenvalue weighted by atomic mass is 10.0. The van der Waals surface area contributed by atoms with Gasteiger partial charge in [-0.1, -0.05) is 98.6 Å². The minimum absolute atomic E-state index is 1.22. The minimum atomic E-state index is 1.22. The van der Waals surface area contributed by atoms with Crippen LogP contribution in [0.4, 0.5) is 0 Å². The summed E-state index contributed by atoms with van der Waals surface area (Å²) in [6.45, 7) is 2.25. The molecule has 0 unspecified atom stereocenters. The van der Waals surface area contributed by atoms with Crippen molar-refractivity contribution >= 4 is 10.8 Å². The molecule has 3 rings (SSSR count). The maximum Gasteiger partial charge on any atom is -0.0181 e. The maximum atomic E-state index is 2.32. The van der Waals surface area contributed by atoms with Gasteiger partial charge in [-0.2, -0.15) is 0 Å². The van der Waals surface area contributed by atoms with Crippen LogP contribution in [0.2, 0.25) is 0 Å². The van der Waals surface area contributed by atoms with Crippen LogP contribution in [0.3, 0.4) is 0 Å². The maximum absolute atomic E-state index is 2.32. The van der Waals surface area contributed by atoms with Crippen LogP contribution < -0.4 is 0 Å². The van der Waals surface area contributed by atoms with E-state index in [-0.39, 0.29) is 0 Å². The summed E-state index contributed by atoms with van der Waals surface area (Å²) in [6, 6.07) is 27.4. The molecule has 0 nitrogen and oxygen atoms in total. The molecule has 0 aliphatic heterocycles. The van der Waals surface area contributed by atoms with Gasteiger partial charge in [-0.25, -0.2) is 0 Å². The molecule has 0 aliphatic rings. The fraction of sp³-hybridized carbons (Fsp3) is 0.238. The number of rotatable bonds is 4. The van der Waals surface area contributed by atoms with E-state index < -0.39 is 0 Å². The third-order valence-corrected chi connectivity index (χ3v) is 3.55. The molecular formula is C21H24. The van der Waals surface area contributed by atoms with Gasteiger partial charge in [0.05, 0.1) is 0 Å². The van der Waals surface area contributed by atoms with Gasteiger partial charge in [0.15, 0.2) is 0 Å². The van der Waals surface area contributed by atoms with E-state index in [1.54, 1.807) is 0 Å². The number of hydrogen-bond acceptors (Lipinski definition) is 0. The van der Waals surface area contributed by atoms with Crippen LogP contribution in [0.25, 0.3) is 10.8 Å². The van der Waals surface area contributed by atoms with Crippen molar-refractivity contribution in [2.24, 2.45) is 0 Å². The Labute approximate surface area is 128 Å². The quantitative estimate of drug-likeness (QED) is 0.493. The molecule has 21 heavy (non-hydrogen) atoms. The first-order valence-electron chi connectivity index (χ1n) is 7.88. The fourth-order valence-electron chi connectivity index (χ4n) is 2.36. The number of hydrogen-bond donors (Lipinski definition) is 0. The van der Waals surface area contributed by atoms with E-state index in [0.717, 1.165) is 0 Å². The standard InChI is InChI=1S/C15H18.C6H6/c1-2-3-4-7-13-10-11-14-8-5-6-9-15(14)12-13;1-2-4-6-5-3-1/h5-6,8-12H,2-4,7H2,1H3;1-6H. The Bertz CT molecular complexity index is 599. The average molecular weight is 276 g/mol. The Morgan fingerprint density at radius 3 is 1.86 bits per heavy atom. The highest BCUT2D eigenvalue weighted by molar-refractivity contribution is 5.82. The molecule has 0 aliphatic carbocycles. The van der Waals surface area contributed by atoms with Crippen molar-refractivity contribution in [2.75, 3.05) is 0 Å². The van der Waals surface area contributed by atoms with Gasteiger partial charge in [0.2, 0.25) is 0 Å². The molecule has 0 spiro atoms. The summed E-state index contributed by atoms with van der Waals surface area (Å²) >= 11 is 0. The van der Waals surface area contributed by atoms with Crippen molar-refractivity contribution < 1.29 is 0 Å². The molecule has 0 heterocycles. The number of benzene rings is 3. The van der Waals surface area contributed by atoms with Crippen LogP contribution >= 0.6 is 0 Å². The predicted molar refractivity (Wildman–Crippen MR) is 93.6 cm³/mol. The third-order valence-electron chi connectivity index (χ3n) is 3.55. The topological polar surface area (TPSA) is 0 Å². The molecule has 0 bridgehead atoms. The van der Waals surface area contributed by atoms with Crippen LogP contribution in [-0.4, -0.2) is 0 Å². The van der Waals surface area contributed by atoms with Crippen molar-refractivity contribution in [3.05, 3.63) is 84.4 Å². The largest absolute Gasteiger partial charge is 0.0654 e.